The zero-order valence-corrected chi connectivity index (χ0v) is 10.2. The Labute approximate surface area is 93.9 Å². The van der Waals surface area contributed by atoms with Crippen LogP contribution in [-0.2, 0) is 18.6 Å². The molecule has 0 aromatic carbocycles. The average Bonchev–Trinajstić information content (AvgIpc) is 2.07. The number of rotatable bonds is 1. The fraction of sp³-hybridized carbons (Fsp3) is 0.455. The minimum atomic E-state index is 0. The third-order valence-electron chi connectivity index (χ3n) is 1.31. The van der Waals surface area contributed by atoms with Crippen molar-refractivity contribution in [3.63, 3.8) is 0 Å². The van der Waals surface area contributed by atoms with Gasteiger partial charge in [-0.2, -0.15) is 31.5 Å². The molecule has 0 spiro atoms. The van der Waals surface area contributed by atoms with E-state index >= 15 is 0 Å². The first kappa shape index (κ1) is 15.2. The van der Waals surface area contributed by atoms with Crippen LogP contribution in [-0.4, -0.2) is 4.98 Å². The standard InChI is InChI=1S/C8H10N.C3H7.V/c1-7(2)8-3-5-9-6-4-8;1-3-2;/h3-5,7H,1-2H3;3H,1-2H3;/q2*-1;+2. The van der Waals surface area contributed by atoms with Crippen molar-refractivity contribution in [3.8, 4) is 0 Å². The molecule has 0 aliphatic heterocycles. The molecular formula is C11H17NV. The summed E-state index contributed by atoms with van der Waals surface area (Å²) in [6.45, 7) is 8.31. The Morgan fingerprint density at radius 3 is 2.15 bits per heavy atom. The van der Waals surface area contributed by atoms with Gasteiger partial charge in [0.15, 0.2) is 0 Å². The molecule has 0 N–H and O–H groups in total. The molecule has 1 nitrogen and oxygen atoms in total. The Hall–Kier alpha value is -0.266. The molecule has 0 saturated heterocycles. The van der Waals surface area contributed by atoms with Crippen LogP contribution in [0.5, 0.6) is 0 Å². The van der Waals surface area contributed by atoms with Crippen molar-refractivity contribution in [1.82, 2.24) is 4.98 Å². The van der Waals surface area contributed by atoms with Crippen molar-refractivity contribution >= 4 is 0 Å². The average molecular weight is 214 g/mol. The van der Waals surface area contributed by atoms with Gasteiger partial charge in [-0.15, -0.1) is 0 Å². The second-order valence-corrected chi connectivity index (χ2v) is 2.95. The molecule has 0 saturated carbocycles. The van der Waals surface area contributed by atoms with Crippen LogP contribution in [0.3, 0.4) is 0 Å². The van der Waals surface area contributed by atoms with Crippen LogP contribution in [0.1, 0.15) is 39.2 Å². The Kier molecular flexibility index (Phi) is 11.5. The molecule has 0 aliphatic rings. The summed E-state index contributed by atoms with van der Waals surface area (Å²) >= 11 is 0. The first-order valence-corrected chi connectivity index (χ1v) is 4.28. The van der Waals surface area contributed by atoms with Crippen LogP contribution in [0.4, 0.5) is 0 Å². The first-order valence-electron chi connectivity index (χ1n) is 4.28. The van der Waals surface area contributed by atoms with Gasteiger partial charge < -0.3 is 11.4 Å². The van der Waals surface area contributed by atoms with Crippen molar-refractivity contribution in [1.29, 1.82) is 0 Å². The second-order valence-electron chi connectivity index (χ2n) is 2.95. The summed E-state index contributed by atoms with van der Waals surface area (Å²) in [5.74, 6) is 0.587. The number of hydrogen-bond donors (Lipinski definition) is 0. The molecule has 1 aromatic rings. The first-order chi connectivity index (χ1) is 5.72. The summed E-state index contributed by atoms with van der Waals surface area (Å²) in [5, 5.41) is 0. The Morgan fingerprint density at radius 1 is 1.38 bits per heavy atom. The van der Waals surface area contributed by atoms with Crippen LogP contribution in [0.15, 0.2) is 18.3 Å². The summed E-state index contributed by atoms with van der Waals surface area (Å²) < 4.78 is 0. The van der Waals surface area contributed by atoms with Crippen LogP contribution < -0.4 is 0 Å². The van der Waals surface area contributed by atoms with Gasteiger partial charge in [-0.05, 0) is 0 Å². The van der Waals surface area contributed by atoms with Gasteiger partial charge in [0.25, 0.3) is 0 Å². The fourth-order valence-electron chi connectivity index (χ4n) is 0.685. The summed E-state index contributed by atoms with van der Waals surface area (Å²) in [5.41, 5.74) is 1.30. The van der Waals surface area contributed by atoms with E-state index in [-0.39, 0.29) is 18.6 Å². The van der Waals surface area contributed by atoms with E-state index in [1.54, 1.807) is 6.20 Å². The molecule has 1 radical (unpaired) electrons. The fourth-order valence-corrected chi connectivity index (χ4v) is 0.685. The summed E-state index contributed by atoms with van der Waals surface area (Å²) in [4.78, 5) is 3.80. The van der Waals surface area contributed by atoms with Crippen LogP contribution in [0.25, 0.3) is 0 Å². The van der Waals surface area contributed by atoms with Gasteiger partial charge in [0.1, 0.15) is 0 Å². The summed E-state index contributed by atoms with van der Waals surface area (Å²) in [6.07, 6.45) is 6.57. The molecule has 0 atom stereocenters. The van der Waals surface area contributed by atoms with Crippen LogP contribution >= 0.6 is 0 Å². The maximum absolute atomic E-state index is 3.80. The van der Waals surface area contributed by atoms with Crippen LogP contribution in [0, 0.1) is 12.6 Å². The number of hydrogen-bond acceptors (Lipinski definition) is 1. The number of aromatic nitrogens is 1. The summed E-state index contributed by atoms with van der Waals surface area (Å²) in [7, 11) is 0. The molecular weight excluding hydrogens is 197 g/mol. The van der Waals surface area contributed by atoms with E-state index in [0.29, 0.717) is 5.92 Å². The molecule has 71 valence electrons. The van der Waals surface area contributed by atoms with Gasteiger partial charge >= 0.3 is 18.6 Å². The van der Waals surface area contributed by atoms with Gasteiger partial charge in [0, 0.05) is 0 Å². The minimum Gasteiger partial charge on any atom is -0.394 e. The topological polar surface area (TPSA) is 12.9 Å². The van der Waals surface area contributed by atoms with E-state index in [4.69, 9.17) is 0 Å². The molecule has 0 aliphatic carbocycles. The normalized spacial score (nSPS) is 8.38. The Morgan fingerprint density at radius 2 is 1.92 bits per heavy atom. The molecule has 0 bridgehead atoms. The summed E-state index contributed by atoms with van der Waals surface area (Å²) in [6, 6.07) is 3.94. The molecule has 1 rings (SSSR count). The van der Waals surface area contributed by atoms with Gasteiger partial charge in [-0.1, -0.05) is 32.2 Å². The van der Waals surface area contributed by atoms with E-state index in [1.165, 1.54) is 5.56 Å². The van der Waals surface area contributed by atoms with Gasteiger partial charge in [0.05, 0.1) is 0 Å². The Bertz CT molecular complexity index is 185. The Balaban J connectivity index is 0. The van der Waals surface area contributed by atoms with Gasteiger partial charge in [-0.25, -0.2) is 0 Å². The quantitative estimate of drug-likeness (QED) is 0.654. The maximum Gasteiger partial charge on any atom is 2.00 e. The van der Waals surface area contributed by atoms with Crippen molar-refractivity contribution in [3.05, 3.63) is 36.5 Å². The minimum absolute atomic E-state index is 0. The predicted molar refractivity (Wildman–Crippen MR) is 52.8 cm³/mol. The molecule has 0 fully saturated rings. The molecule has 2 heteroatoms. The van der Waals surface area contributed by atoms with Gasteiger partial charge in [-0.3, -0.25) is 0 Å². The van der Waals surface area contributed by atoms with Crippen molar-refractivity contribution < 1.29 is 18.6 Å². The van der Waals surface area contributed by atoms with Crippen LogP contribution in [0.2, 0.25) is 0 Å². The van der Waals surface area contributed by atoms with E-state index in [2.05, 4.69) is 25.0 Å². The largest absolute Gasteiger partial charge is 2.00 e. The van der Waals surface area contributed by atoms with E-state index in [9.17, 15) is 0 Å². The van der Waals surface area contributed by atoms with Crippen molar-refractivity contribution in [2.45, 2.75) is 33.6 Å². The van der Waals surface area contributed by atoms with E-state index in [0.717, 1.165) is 0 Å². The predicted octanol–water partition coefficient (Wildman–Crippen LogP) is 3.23. The molecule has 0 amide bonds. The zero-order chi connectivity index (χ0) is 9.40. The molecule has 0 unspecified atom stereocenters. The second kappa shape index (κ2) is 9.82. The third-order valence-corrected chi connectivity index (χ3v) is 1.31. The monoisotopic (exact) mass is 214 g/mol. The molecule has 1 aromatic heterocycles. The molecule has 1 heterocycles. The van der Waals surface area contributed by atoms with Gasteiger partial charge in [0.2, 0.25) is 0 Å². The smallest absolute Gasteiger partial charge is 0.394 e. The zero-order valence-electron chi connectivity index (χ0n) is 8.78. The molecule has 13 heavy (non-hydrogen) atoms. The van der Waals surface area contributed by atoms with Crippen molar-refractivity contribution in [2.24, 2.45) is 0 Å². The van der Waals surface area contributed by atoms with E-state index in [1.807, 2.05) is 32.4 Å². The number of pyridine rings is 1. The number of nitrogens with zero attached hydrogens (tertiary/aromatic N) is 1. The SMILES string of the molecule is CC(C)c1c[c-]ncc1.C[CH-]C.[V+2]. The third kappa shape index (κ3) is 8.08. The maximum atomic E-state index is 3.80. The van der Waals surface area contributed by atoms with E-state index < -0.39 is 0 Å². The van der Waals surface area contributed by atoms with Crippen molar-refractivity contribution in [2.75, 3.05) is 0 Å².